The quantitative estimate of drug-likeness (QED) is 0.643. The molecule has 0 saturated carbocycles. The van der Waals surface area contributed by atoms with E-state index in [4.69, 9.17) is 0 Å². The van der Waals surface area contributed by atoms with Crippen molar-refractivity contribution in [3.8, 4) is 0 Å². The number of thiazole rings is 1. The number of rotatable bonds is 1. The molecule has 0 N–H and O–H groups in total. The Morgan fingerprint density at radius 3 is 2.33 bits per heavy atom. The number of aryl methyl sites for hydroxylation is 1. The van der Waals surface area contributed by atoms with E-state index in [-0.39, 0.29) is 0 Å². The molecule has 0 fully saturated rings. The van der Waals surface area contributed by atoms with Gasteiger partial charge in [0.05, 0.1) is 10.7 Å². The molecule has 0 atom stereocenters. The normalized spacial score (nSPS) is 8.42. The maximum Gasteiger partial charge on any atom is 0.0901 e. The van der Waals surface area contributed by atoms with Gasteiger partial charge in [-0.1, -0.05) is 19.4 Å². The first-order valence-electron chi connectivity index (χ1n) is 4.25. The fraction of sp³-hybridized carbons (Fsp3) is 0.500. The summed E-state index contributed by atoms with van der Waals surface area (Å²) < 4.78 is 0. The van der Waals surface area contributed by atoms with E-state index in [9.17, 15) is 0 Å². The minimum atomic E-state index is 1.09. The topological polar surface area (TPSA) is 12.9 Å². The summed E-state index contributed by atoms with van der Waals surface area (Å²) in [6, 6.07) is 0. The summed E-state index contributed by atoms with van der Waals surface area (Å²) in [6.07, 6.45) is 2.09. The first kappa shape index (κ1) is 11.4. The second-order valence-electron chi connectivity index (χ2n) is 2.51. The fourth-order valence-corrected chi connectivity index (χ4v) is 1.31. The first-order valence-corrected chi connectivity index (χ1v) is 5.13. The minimum Gasteiger partial charge on any atom is -0.242 e. The zero-order chi connectivity index (χ0) is 9.56. The van der Waals surface area contributed by atoms with Crippen molar-refractivity contribution < 1.29 is 0 Å². The Bertz CT molecular complexity index is 244. The van der Waals surface area contributed by atoms with Gasteiger partial charge >= 0.3 is 0 Å². The van der Waals surface area contributed by atoms with Crippen LogP contribution in [0.1, 0.15) is 38.4 Å². The summed E-state index contributed by atoms with van der Waals surface area (Å²) in [5, 5.41) is 3.20. The number of hydrogen-bond acceptors (Lipinski definition) is 2. The largest absolute Gasteiger partial charge is 0.242 e. The number of aromatic nitrogens is 1. The summed E-state index contributed by atoms with van der Waals surface area (Å²) in [5.74, 6) is 0. The molecular weight excluding hydrogens is 166 g/mol. The SMILES string of the molecule is CC.CC(C)=Cc1csc(C)n1. The highest BCUT2D eigenvalue weighted by Gasteiger charge is 1.91. The molecule has 0 aliphatic carbocycles. The molecule has 0 aliphatic heterocycles. The lowest BCUT2D eigenvalue weighted by molar-refractivity contribution is 1.26. The molecule has 1 heterocycles. The highest BCUT2D eigenvalue weighted by molar-refractivity contribution is 7.09. The van der Waals surface area contributed by atoms with Crippen LogP contribution >= 0.6 is 11.3 Å². The number of allylic oxidation sites excluding steroid dienone is 1. The van der Waals surface area contributed by atoms with Crippen LogP contribution in [0.4, 0.5) is 0 Å². The van der Waals surface area contributed by atoms with E-state index >= 15 is 0 Å². The molecule has 0 radical (unpaired) electrons. The van der Waals surface area contributed by atoms with Crippen molar-refractivity contribution in [3.63, 3.8) is 0 Å². The summed E-state index contributed by atoms with van der Waals surface area (Å²) in [4.78, 5) is 4.29. The monoisotopic (exact) mass is 183 g/mol. The first-order chi connectivity index (χ1) is 5.68. The molecule has 1 rings (SSSR count). The van der Waals surface area contributed by atoms with E-state index in [1.807, 2.05) is 20.8 Å². The van der Waals surface area contributed by atoms with Crippen LogP contribution in [0.25, 0.3) is 6.08 Å². The molecular formula is C10H17NS. The molecule has 2 heteroatoms. The Morgan fingerprint density at radius 1 is 1.42 bits per heavy atom. The highest BCUT2D eigenvalue weighted by Crippen LogP contribution is 2.10. The Labute approximate surface area is 79.2 Å². The molecule has 12 heavy (non-hydrogen) atoms. The lowest BCUT2D eigenvalue weighted by Gasteiger charge is -1.84. The average molecular weight is 183 g/mol. The number of hydrogen-bond donors (Lipinski definition) is 0. The van der Waals surface area contributed by atoms with Gasteiger partial charge in [0, 0.05) is 5.38 Å². The lowest BCUT2D eigenvalue weighted by Crippen LogP contribution is -1.72. The third-order valence-electron chi connectivity index (χ3n) is 1.07. The Hall–Kier alpha value is -0.630. The van der Waals surface area contributed by atoms with E-state index in [0.29, 0.717) is 0 Å². The van der Waals surface area contributed by atoms with Gasteiger partial charge in [0.2, 0.25) is 0 Å². The zero-order valence-electron chi connectivity index (χ0n) is 8.51. The molecule has 1 nitrogen and oxygen atoms in total. The Balaban J connectivity index is 0.000000561. The van der Waals surface area contributed by atoms with E-state index in [2.05, 4.69) is 30.3 Å². The molecule has 0 unspecified atom stereocenters. The van der Waals surface area contributed by atoms with Gasteiger partial charge in [-0.3, -0.25) is 0 Å². The summed E-state index contributed by atoms with van der Waals surface area (Å²) in [6.45, 7) is 10.2. The Morgan fingerprint density at radius 2 is 2.00 bits per heavy atom. The van der Waals surface area contributed by atoms with Gasteiger partial charge in [-0.05, 0) is 26.8 Å². The molecule has 0 aliphatic rings. The summed E-state index contributed by atoms with van der Waals surface area (Å²) in [7, 11) is 0. The second kappa shape index (κ2) is 5.95. The fourth-order valence-electron chi connectivity index (χ4n) is 0.742. The van der Waals surface area contributed by atoms with E-state index < -0.39 is 0 Å². The molecule has 0 aromatic carbocycles. The molecule has 1 aromatic rings. The predicted molar refractivity (Wildman–Crippen MR) is 57.5 cm³/mol. The predicted octanol–water partition coefficient (Wildman–Crippen LogP) is 3.90. The molecule has 0 bridgehead atoms. The van der Waals surface area contributed by atoms with Crippen LogP contribution in [0.2, 0.25) is 0 Å². The van der Waals surface area contributed by atoms with Crippen LogP contribution in [-0.2, 0) is 0 Å². The number of nitrogens with zero attached hydrogens (tertiary/aromatic N) is 1. The molecule has 0 spiro atoms. The highest BCUT2D eigenvalue weighted by atomic mass is 32.1. The maximum atomic E-state index is 4.29. The van der Waals surface area contributed by atoms with Gasteiger partial charge in [-0.25, -0.2) is 4.98 Å². The third-order valence-corrected chi connectivity index (χ3v) is 1.87. The third kappa shape index (κ3) is 4.29. The maximum absolute atomic E-state index is 4.29. The van der Waals surface area contributed by atoms with Gasteiger partial charge in [-0.15, -0.1) is 11.3 Å². The van der Waals surface area contributed by atoms with E-state index in [0.717, 1.165) is 10.7 Å². The van der Waals surface area contributed by atoms with Crippen LogP contribution in [0.15, 0.2) is 11.0 Å². The van der Waals surface area contributed by atoms with Crippen molar-refractivity contribution in [2.24, 2.45) is 0 Å². The molecule has 1 aromatic heterocycles. The molecule has 0 saturated heterocycles. The summed E-state index contributed by atoms with van der Waals surface area (Å²) in [5.41, 5.74) is 2.38. The van der Waals surface area contributed by atoms with Crippen molar-refractivity contribution in [1.82, 2.24) is 4.98 Å². The van der Waals surface area contributed by atoms with Crippen LogP contribution < -0.4 is 0 Å². The molecule has 0 amide bonds. The Kier molecular flexibility index (Phi) is 5.64. The smallest absolute Gasteiger partial charge is 0.0901 e. The van der Waals surface area contributed by atoms with Crippen LogP contribution in [0.5, 0.6) is 0 Å². The van der Waals surface area contributed by atoms with Gasteiger partial charge in [0.25, 0.3) is 0 Å². The second-order valence-corrected chi connectivity index (χ2v) is 3.58. The average Bonchev–Trinajstić information content (AvgIpc) is 2.39. The van der Waals surface area contributed by atoms with Crippen LogP contribution in [0.3, 0.4) is 0 Å². The van der Waals surface area contributed by atoms with Crippen LogP contribution in [-0.4, -0.2) is 4.98 Å². The minimum absolute atomic E-state index is 1.09. The standard InChI is InChI=1S/C8H11NS.C2H6/c1-6(2)4-8-5-10-7(3)9-8;1-2/h4-5H,1-3H3;1-2H3. The zero-order valence-corrected chi connectivity index (χ0v) is 9.33. The van der Waals surface area contributed by atoms with Crippen molar-refractivity contribution in [2.45, 2.75) is 34.6 Å². The van der Waals surface area contributed by atoms with Gasteiger partial charge in [0.15, 0.2) is 0 Å². The van der Waals surface area contributed by atoms with E-state index in [1.165, 1.54) is 5.57 Å². The van der Waals surface area contributed by atoms with Gasteiger partial charge < -0.3 is 0 Å². The van der Waals surface area contributed by atoms with Crippen LogP contribution in [0, 0.1) is 6.92 Å². The van der Waals surface area contributed by atoms with Gasteiger partial charge in [-0.2, -0.15) is 0 Å². The lowest BCUT2D eigenvalue weighted by atomic mass is 10.3. The van der Waals surface area contributed by atoms with Crippen molar-refractivity contribution in [2.75, 3.05) is 0 Å². The molecule has 68 valence electrons. The van der Waals surface area contributed by atoms with Crippen molar-refractivity contribution in [1.29, 1.82) is 0 Å². The summed E-state index contributed by atoms with van der Waals surface area (Å²) >= 11 is 1.69. The van der Waals surface area contributed by atoms with Gasteiger partial charge in [0.1, 0.15) is 0 Å². The van der Waals surface area contributed by atoms with Crippen molar-refractivity contribution in [3.05, 3.63) is 21.7 Å². The van der Waals surface area contributed by atoms with Crippen molar-refractivity contribution >= 4 is 17.4 Å². The van der Waals surface area contributed by atoms with E-state index in [1.54, 1.807) is 11.3 Å².